The van der Waals surface area contributed by atoms with Crippen LogP contribution in [-0.2, 0) is 17.8 Å². The van der Waals surface area contributed by atoms with Gasteiger partial charge in [-0.1, -0.05) is 45.6 Å². The van der Waals surface area contributed by atoms with Crippen LogP contribution in [0.2, 0.25) is 0 Å². The fourth-order valence-corrected chi connectivity index (χ4v) is 3.53. The van der Waals surface area contributed by atoms with Crippen LogP contribution in [0.4, 0.5) is 0 Å². The number of thiophene rings is 1. The average molecular weight is 406 g/mol. The van der Waals surface area contributed by atoms with Gasteiger partial charge in [0.15, 0.2) is 5.69 Å². The molecular weight excluding hydrogens is 374 g/mol. The monoisotopic (exact) mass is 405 g/mol. The van der Waals surface area contributed by atoms with Crippen LogP contribution in [0.15, 0.2) is 28.2 Å². The molecule has 0 bridgehead atoms. The Morgan fingerprint density at radius 2 is 1.96 bits per heavy atom. The maximum Gasteiger partial charge on any atom is 0.273 e. The van der Waals surface area contributed by atoms with E-state index in [0.717, 1.165) is 43.4 Å². The number of hydrogen-bond donors (Lipinski definition) is 1. The molecule has 28 heavy (non-hydrogen) atoms. The number of carbonyl (C=O) groups is 2. The fourth-order valence-electron chi connectivity index (χ4n) is 2.84. The minimum atomic E-state index is -0.228. The van der Waals surface area contributed by atoms with Gasteiger partial charge >= 0.3 is 0 Å². The Morgan fingerprint density at radius 3 is 2.68 bits per heavy atom. The molecule has 0 saturated carbocycles. The second-order valence-corrected chi connectivity index (χ2v) is 7.90. The number of aromatic nitrogens is 1. The van der Waals surface area contributed by atoms with E-state index in [0.29, 0.717) is 25.4 Å². The van der Waals surface area contributed by atoms with E-state index in [1.807, 2.05) is 17.5 Å². The molecule has 2 aromatic heterocycles. The summed E-state index contributed by atoms with van der Waals surface area (Å²) in [5.74, 6) is 0.227. The van der Waals surface area contributed by atoms with Gasteiger partial charge in [-0.15, -0.1) is 11.3 Å². The van der Waals surface area contributed by atoms with Crippen LogP contribution in [-0.4, -0.2) is 34.8 Å². The molecule has 0 radical (unpaired) electrons. The lowest BCUT2D eigenvalue weighted by Gasteiger charge is -2.21. The Hall–Kier alpha value is -2.15. The molecule has 2 aromatic rings. The summed E-state index contributed by atoms with van der Waals surface area (Å²) in [6.07, 6.45) is 8.01. The van der Waals surface area contributed by atoms with E-state index in [1.165, 1.54) is 6.26 Å². The summed E-state index contributed by atoms with van der Waals surface area (Å²) in [6.45, 7) is 5.85. The van der Waals surface area contributed by atoms with Crippen LogP contribution in [0.25, 0.3) is 0 Å². The zero-order valence-corrected chi connectivity index (χ0v) is 17.7. The first-order chi connectivity index (χ1) is 13.6. The molecule has 0 atom stereocenters. The first-order valence-corrected chi connectivity index (χ1v) is 11.0. The van der Waals surface area contributed by atoms with Gasteiger partial charge in [-0.2, -0.15) is 0 Å². The third-order valence-electron chi connectivity index (χ3n) is 4.47. The summed E-state index contributed by atoms with van der Waals surface area (Å²) in [6, 6.07) is 3.92. The van der Waals surface area contributed by atoms with Crippen molar-refractivity contribution in [3.8, 4) is 0 Å². The van der Waals surface area contributed by atoms with Gasteiger partial charge in [0.25, 0.3) is 5.91 Å². The highest BCUT2D eigenvalue weighted by Gasteiger charge is 2.19. The van der Waals surface area contributed by atoms with Gasteiger partial charge < -0.3 is 14.6 Å². The van der Waals surface area contributed by atoms with Crippen molar-refractivity contribution in [2.75, 3.05) is 13.1 Å². The number of hydrogen-bond acceptors (Lipinski definition) is 5. The lowest BCUT2D eigenvalue weighted by atomic mass is 10.2. The third-order valence-corrected chi connectivity index (χ3v) is 5.34. The van der Waals surface area contributed by atoms with Crippen LogP contribution in [0.5, 0.6) is 0 Å². The van der Waals surface area contributed by atoms with Crippen molar-refractivity contribution in [2.45, 2.75) is 65.3 Å². The predicted molar refractivity (Wildman–Crippen MR) is 111 cm³/mol. The van der Waals surface area contributed by atoms with E-state index in [2.05, 4.69) is 24.1 Å². The van der Waals surface area contributed by atoms with Gasteiger partial charge in [-0.25, -0.2) is 4.98 Å². The minimum Gasteiger partial charge on any atom is -0.446 e. The van der Waals surface area contributed by atoms with Crippen LogP contribution in [0.1, 0.15) is 73.6 Å². The topological polar surface area (TPSA) is 75.4 Å². The minimum absolute atomic E-state index is 0.0577. The van der Waals surface area contributed by atoms with Crippen molar-refractivity contribution >= 4 is 23.2 Å². The molecule has 0 aliphatic heterocycles. The number of nitrogens with zero attached hydrogens (tertiary/aromatic N) is 2. The number of carbonyl (C=O) groups excluding carboxylic acids is 2. The van der Waals surface area contributed by atoms with Gasteiger partial charge in [-0.05, 0) is 24.3 Å². The molecule has 6 nitrogen and oxygen atoms in total. The predicted octanol–water partition coefficient (Wildman–Crippen LogP) is 4.42. The highest BCUT2D eigenvalue weighted by molar-refractivity contribution is 7.10. The Balaban J connectivity index is 1.94. The Bertz CT molecular complexity index is 712. The Kier molecular flexibility index (Phi) is 9.76. The van der Waals surface area contributed by atoms with Gasteiger partial charge in [0, 0.05) is 18.0 Å². The number of rotatable bonds is 13. The lowest BCUT2D eigenvalue weighted by Crippen LogP contribution is -2.33. The molecule has 2 amide bonds. The number of amides is 2. The lowest BCUT2D eigenvalue weighted by molar-refractivity contribution is -0.131. The molecule has 0 unspecified atom stereocenters. The van der Waals surface area contributed by atoms with Crippen molar-refractivity contribution in [3.63, 3.8) is 0 Å². The molecule has 0 saturated heterocycles. The molecule has 0 aliphatic rings. The zero-order valence-electron chi connectivity index (χ0n) is 16.9. The standard InChI is InChI=1S/C21H31N3O3S/c1-3-5-7-11-22-21(26)18-16-27-19(23-18)15-24(12-8-6-4-2)20(25)14-17-10-9-13-28-17/h9-10,13,16H,3-8,11-12,14-15H2,1-2H3,(H,22,26). The van der Waals surface area contributed by atoms with Crippen molar-refractivity contribution < 1.29 is 14.0 Å². The summed E-state index contributed by atoms with van der Waals surface area (Å²) in [5.41, 5.74) is 0.269. The van der Waals surface area contributed by atoms with Crippen molar-refractivity contribution in [2.24, 2.45) is 0 Å². The summed E-state index contributed by atoms with van der Waals surface area (Å²) in [4.78, 5) is 32.0. The van der Waals surface area contributed by atoms with E-state index in [4.69, 9.17) is 4.42 Å². The van der Waals surface area contributed by atoms with E-state index in [-0.39, 0.29) is 24.1 Å². The summed E-state index contributed by atoms with van der Waals surface area (Å²) in [5, 5.41) is 4.83. The van der Waals surface area contributed by atoms with Gasteiger partial charge in [-0.3, -0.25) is 9.59 Å². The van der Waals surface area contributed by atoms with Crippen LogP contribution >= 0.6 is 11.3 Å². The number of nitrogens with one attached hydrogen (secondary N) is 1. The zero-order chi connectivity index (χ0) is 20.2. The van der Waals surface area contributed by atoms with Crippen molar-refractivity contribution in [1.82, 2.24) is 15.2 Å². The maximum absolute atomic E-state index is 12.7. The van der Waals surface area contributed by atoms with Crippen LogP contribution in [0, 0.1) is 0 Å². The highest BCUT2D eigenvalue weighted by atomic mass is 32.1. The second kappa shape index (κ2) is 12.3. The number of oxazole rings is 1. The van der Waals surface area contributed by atoms with Gasteiger partial charge in [0.05, 0.1) is 13.0 Å². The molecule has 1 N–H and O–H groups in total. The average Bonchev–Trinajstić information content (AvgIpc) is 3.36. The third kappa shape index (κ3) is 7.46. The van der Waals surface area contributed by atoms with Gasteiger partial charge in [0.1, 0.15) is 6.26 Å². The Labute approximate surface area is 171 Å². The molecule has 0 aliphatic carbocycles. The first kappa shape index (κ1) is 22.1. The molecule has 0 aromatic carbocycles. The smallest absolute Gasteiger partial charge is 0.273 e. The molecule has 0 spiro atoms. The second-order valence-electron chi connectivity index (χ2n) is 6.87. The van der Waals surface area contributed by atoms with Crippen LogP contribution in [0.3, 0.4) is 0 Å². The summed E-state index contributed by atoms with van der Waals surface area (Å²) < 4.78 is 5.47. The first-order valence-electron chi connectivity index (χ1n) is 10.2. The Morgan fingerprint density at radius 1 is 1.18 bits per heavy atom. The quantitative estimate of drug-likeness (QED) is 0.501. The maximum atomic E-state index is 12.7. The SMILES string of the molecule is CCCCCNC(=O)c1coc(CN(CCCCC)C(=O)Cc2cccs2)n1. The summed E-state index contributed by atoms with van der Waals surface area (Å²) >= 11 is 1.58. The van der Waals surface area contributed by atoms with E-state index >= 15 is 0 Å². The van der Waals surface area contributed by atoms with E-state index in [1.54, 1.807) is 16.2 Å². The summed E-state index contributed by atoms with van der Waals surface area (Å²) in [7, 11) is 0. The molecular formula is C21H31N3O3S. The number of unbranched alkanes of at least 4 members (excludes halogenated alkanes) is 4. The molecule has 7 heteroatoms. The molecule has 0 fully saturated rings. The van der Waals surface area contributed by atoms with Gasteiger partial charge in [0.2, 0.25) is 11.8 Å². The molecule has 154 valence electrons. The van der Waals surface area contributed by atoms with Crippen molar-refractivity contribution in [3.05, 3.63) is 40.2 Å². The molecule has 2 rings (SSSR count). The highest BCUT2D eigenvalue weighted by Crippen LogP contribution is 2.14. The largest absolute Gasteiger partial charge is 0.446 e. The molecule has 2 heterocycles. The van der Waals surface area contributed by atoms with E-state index in [9.17, 15) is 9.59 Å². The normalized spacial score (nSPS) is 10.8. The van der Waals surface area contributed by atoms with Crippen molar-refractivity contribution in [1.29, 1.82) is 0 Å². The van der Waals surface area contributed by atoms with Crippen LogP contribution < -0.4 is 5.32 Å². The van der Waals surface area contributed by atoms with E-state index < -0.39 is 0 Å². The fraction of sp³-hybridized carbons (Fsp3) is 0.571.